The summed E-state index contributed by atoms with van der Waals surface area (Å²) in [6, 6.07) is 7.74. The molecule has 1 aliphatic heterocycles. The molecule has 0 unspecified atom stereocenters. The number of pyridine rings is 1. The molecular formula is C30H32FN7O5. The van der Waals surface area contributed by atoms with Gasteiger partial charge in [-0.25, -0.2) is 14.0 Å². The van der Waals surface area contributed by atoms with Crippen molar-refractivity contribution < 1.29 is 24.2 Å². The molecule has 2 aromatic carbocycles. The summed E-state index contributed by atoms with van der Waals surface area (Å²) in [7, 11) is 0. The van der Waals surface area contributed by atoms with Gasteiger partial charge >= 0.3 is 12.0 Å². The van der Waals surface area contributed by atoms with Crippen LogP contribution in [0.15, 0.2) is 51.6 Å². The molecule has 4 N–H and O–H groups in total. The molecule has 43 heavy (non-hydrogen) atoms. The fourth-order valence-corrected chi connectivity index (χ4v) is 5.93. The first-order valence-electron chi connectivity index (χ1n) is 14.2. The zero-order valence-electron chi connectivity index (χ0n) is 23.7. The third-order valence-corrected chi connectivity index (χ3v) is 8.25. The van der Waals surface area contributed by atoms with E-state index < -0.39 is 23.2 Å². The van der Waals surface area contributed by atoms with Gasteiger partial charge in [-0.1, -0.05) is 16.7 Å². The fraction of sp³-hybridized carbons (Fsp3) is 0.367. The third kappa shape index (κ3) is 5.43. The Hall–Kier alpha value is -4.78. The first-order chi connectivity index (χ1) is 20.6. The number of fused-ring (bicyclic) bond motifs is 2. The molecule has 12 nitrogen and oxygen atoms in total. The Kier molecular flexibility index (Phi) is 7.34. The van der Waals surface area contributed by atoms with Crippen molar-refractivity contribution in [1.82, 2.24) is 14.0 Å². The van der Waals surface area contributed by atoms with Crippen molar-refractivity contribution in [3.8, 4) is 5.88 Å². The van der Waals surface area contributed by atoms with Gasteiger partial charge in [-0.2, -0.15) is 0 Å². The molecule has 6 rings (SSSR count). The number of piperazine rings is 1. The van der Waals surface area contributed by atoms with Gasteiger partial charge in [-0.05, 0) is 57.0 Å². The molecule has 3 heterocycles. The summed E-state index contributed by atoms with van der Waals surface area (Å²) >= 11 is 0. The maximum atomic E-state index is 15.3. The number of nitrogens with zero attached hydrogens (tertiary/aromatic N) is 6. The van der Waals surface area contributed by atoms with Crippen LogP contribution in [-0.2, 0) is 6.54 Å². The second kappa shape index (κ2) is 11.1. The molecule has 0 bridgehead atoms. The topological polar surface area (TPSA) is 159 Å². The Bertz CT molecular complexity index is 1850. The number of aromatic carboxylic acids is 1. The summed E-state index contributed by atoms with van der Waals surface area (Å²) < 4.78 is 18.9. The lowest BCUT2D eigenvalue weighted by Gasteiger charge is -2.36. The second-order valence-corrected chi connectivity index (χ2v) is 11.2. The summed E-state index contributed by atoms with van der Waals surface area (Å²) in [4.78, 5) is 39.8. The SMILES string of the molecule is Cc1ccc2c(c1)c(N=NC(N)=O)c(O)n2CCCN1CCN(c2cc3c(cc2F)c(=O)c(C(=O)O)cn3C2CC2)CC1. The number of aromatic hydroxyl groups is 1. The van der Waals surface area contributed by atoms with E-state index >= 15 is 4.39 Å². The number of carbonyl (C=O) groups excluding carboxylic acids is 1. The van der Waals surface area contributed by atoms with E-state index in [1.165, 1.54) is 12.3 Å². The van der Waals surface area contributed by atoms with Gasteiger partial charge in [0.1, 0.15) is 11.4 Å². The first kappa shape index (κ1) is 28.3. The van der Waals surface area contributed by atoms with Gasteiger partial charge in [0.05, 0.1) is 16.7 Å². The van der Waals surface area contributed by atoms with Gasteiger partial charge in [-0.15, -0.1) is 5.11 Å². The summed E-state index contributed by atoms with van der Waals surface area (Å²) in [5.41, 5.74) is 7.00. The van der Waals surface area contributed by atoms with E-state index in [1.54, 1.807) is 10.6 Å². The first-order valence-corrected chi connectivity index (χ1v) is 14.2. The molecule has 0 atom stereocenters. The lowest BCUT2D eigenvalue weighted by molar-refractivity contribution is 0.0694. The minimum absolute atomic E-state index is 0.0812. The Labute approximate surface area is 245 Å². The molecule has 1 saturated heterocycles. The molecule has 1 saturated carbocycles. The average molecular weight is 590 g/mol. The number of hydrogen-bond donors (Lipinski definition) is 3. The largest absolute Gasteiger partial charge is 0.493 e. The van der Waals surface area contributed by atoms with Crippen molar-refractivity contribution in [2.45, 2.75) is 38.8 Å². The number of primary amides is 1. The second-order valence-electron chi connectivity index (χ2n) is 11.2. The highest BCUT2D eigenvalue weighted by Crippen LogP contribution is 2.40. The molecule has 0 radical (unpaired) electrons. The number of urea groups is 1. The summed E-state index contributed by atoms with van der Waals surface area (Å²) in [6.07, 6.45) is 3.89. The molecule has 13 heteroatoms. The Morgan fingerprint density at radius 2 is 1.79 bits per heavy atom. The van der Waals surface area contributed by atoms with E-state index in [2.05, 4.69) is 15.1 Å². The number of anilines is 1. The minimum Gasteiger partial charge on any atom is -0.493 e. The van der Waals surface area contributed by atoms with Crippen LogP contribution in [0.1, 0.15) is 41.2 Å². The molecule has 2 amide bonds. The number of hydrogen-bond acceptors (Lipinski definition) is 7. The van der Waals surface area contributed by atoms with Crippen molar-refractivity contribution >= 4 is 45.2 Å². The van der Waals surface area contributed by atoms with Crippen LogP contribution in [0.2, 0.25) is 0 Å². The minimum atomic E-state index is -1.31. The predicted molar refractivity (Wildman–Crippen MR) is 159 cm³/mol. The number of rotatable bonds is 8. The van der Waals surface area contributed by atoms with Crippen molar-refractivity contribution in [1.29, 1.82) is 0 Å². The number of carboxylic acid groups (broad SMARTS) is 1. The summed E-state index contributed by atoms with van der Waals surface area (Å²) in [5, 5.41) is 28.4. The number of halogens is 1. The average Bonchev–Trinajstić information content (AvgIpc) is 3.78. The summed E-state index contributed by atoms with van der Waals surface area (Å²) in [6.45, 7) is 5.73. The van der Waals surface area contributed by atoms with Crippen LogP contribution in [0.4, 0.5) is 20.6 Å². The normalized spacial score (nSPS) is 16.1. The standard InChI is InChI=1S/C30H32FN7O5/c1-17-3-6-23-19(13-17)26(33-34-30(32)43)28(40)37(23)8-2-7-35-9-11-36(12-10-35)25-15-24-20(14-22(25)31)27(39)21(29(41)42)16-38(24)18-4-5-18/h3,6,13-16,18,40H,2,4-5,7-12H2,1H3,(H2,32,43)(H,41,42). The number of aromatic nitrogens is 2. The van der Waals surface area contributed by atoms with Crippen LogP contribution in [0, 0.1) is 12.7 Å². The zero-order chi connectivity index (χ0) is 30.4. The number of carboxylic acids is 1. The van der Waals surface area contributed by atoms with Gasteiger partial charge in [-0.3, -0.25) is 9.69 Å². The van der Waals surface area contributed by atoms with Gasteiger partial charge < -0.3 is 30.0 Å². The Morgan fingerprint density at radius 1 is 1.05 bits per heavy atom. The van der Waals surface area contributed by atoms with E-state index in [0.29, 0.717) is 49.3 Å². The van der Waals surface area contributed by atoms with E-state index in [-0.39, 0.29) is 28.6 Å². The van der Waals surface area contributed by atoms with Crippen LogP contribution in [0.5, 0.6) is 5.88 Å². The van der Waals surface area contributed by atoms with Crippen molar-refractivity contribution in [3.63, 3.8) is 0 Å². The van der Waals surface area contributed by atoms with Gasteiger partial charge in [0, 0.05) is 55.7 Å². The van der Waals surface area contributed by atoms with Crippen molar-refractivity contribution in [3.05, 3.63) is 63.7 Å². The maximum absolute atomic E-state index is 15.3. The predicted octanol–water partition coefficient (Wildman–Crippen LogP) is 4.52. The Balaban J connectivity index is 1.15. The number of nitrogens with two attached hydrogens (primary N) is 1. The lowest BCUT2D eigenvalue weighted by Crippen LogP contribution is -2.47. The monoisotopic (exact) mass is 589 g/mol. The molecule has 2 fully saturated rings. The lowest BCUT2D eigenvalue weighted by atomic mass is 10.1. The number of benzene rings is 2. The van der Waals surface area contributed by atoms with E-state index in [0.717, 1.165) is 36.9 Å². The maximum Gasteiger partial charge on any atom is 0.356 e. The molecule has 1 aliphatic carbocycles. The van der Waals surface area contributed by atoms with Crippen LogP contribution < -0.4 is 16.1 Å². The van der Waals surface area contributed by atoms with Gasteiger partial charge in [0.15, 0.2) is 5.69 Å². The number of azo groups is 1. The highest BCUT2D eigenvalue weighted by Gasteiger charge is 2.28. The van der Waals surface area contributed by atoms with Crippen LogP contribution in [0.25, 0.3) is 21.8 Å². The number of carbonyl (C=O) groups is 2. The molecule has 224 valence electrons. The molecule has 2 aliphatic rings. The molecule has 0 spiro atoms. The van der Waals surface area contributed by atoms with Gasteiger partial charge in [0.25, 0.3) is 0 Å². The van der Waals surface area contributed by atoms with Crippen molar-refractivity contribution in [2.75, 3.05) is 37.6 Å². The van der Waals surface area contributed by atoms with E-state index in [4.69, 9.17) is 5.73 Å². The van der Waals surface area contributed by atoms with E-state index in [9.17, 15) is 24.6 Å². The van der Waals surface area contributed by atoms with Crippen LogP contribution in [-0.4, -0.2) is 69.0 Å². The third-order valence-electron chi connectivity index (χ3n) is 8.25. The van der Waals surface area contributed by atoms with Crippen molar-refractivity contribution in [2.24, 2.45) is 16.0 Å². The number of amides is 2. The molecule has 2 aromatic heterocycles. The fourth-order valence-electron chi connectivity index (χ4n) is 5.93. The highest BCUT2D eigenvalue weighted by molar-refractivity contribution is 5.96. The van der Waals surface area contributed by atoms with Gasteiger partial charge in [0.2, 0.25) is 11.3 Å². The molecular weight excluding hydrogens is 557 g/mol. The quantitative estimate of drug-likeness (QED) is 0.255. The van der Waals surface area contributed by atoms with Crippen LogP contribution in [0.3, 0.4) is 0 Å². The highest BCUT2D eigenvalue weighted by atomic mass is 19.1. The van der Waals surface area contributed by atoms with Crippen LogP contribution >= 0.6 is 0 Å². The zero-order valence-corrected chi connectivity index (χ0v) is 23.7. The summed E-state index contributed by atoms with van der Waals surface area (Å²) in [5.74, 6) is -1.94. The smallest absolute Gasteiger partial charge is 0.356 e. The molecule has 4 aromatic rings. The van der Waals surface area contributed by atoms with E-state index in [1.807, 2.05) is 34.6 Å². The Morgan fingerprint density at radius 3 is 2.47 bits per heavy atom. The number of aryl methyl sites for hydroxylation is 2.